The molecular formula is C18H22N6O. The fraction of sp³-hybridized carbons (Fsp3) is 0.444. The molecule has 0 bridgehead atoms. The molecule has 0 unspecified atom stereocenters. The lowest BCUT2D eigenvalue weighted by Gasteiger charge is -2.32. The van der Waals surface area contributed by atoms with Crippen LogP contribution < -0.4 is 0 Å². The lowest BCUT2D eigenvalue weighted by atomic mass is 10.2. The zero-order valence-corrected chi connectivity index (χ0v) is 14.8. The first kappa shape index (κ1) is 16.1. The Kier molecular flexibility index (Phi) is 4.19. The monoisotopic (exact) mass is 338 g/mol. The quantitative estimate of drug-likeness (QED) is 0.728. The van der Waals surface area contributed by atoms with Gasteiger partial charge in [0.05, 0.1) is 18.5 Å². The molecule has 0 radical (unpaired) electrons. The second-order valence-corrected chi connectivity index (χ2v) is 6.57. The summed E-state index contributed by atoms with van der Waals surface area (Å²) in [5.41, 5.74) is 5.15. The van der Waals surface area contributed by atoms with Crippen LogP contribution >= 0.6 is 0 Å². The first-order valence-corrected chi connectivity index (χ1v) is 8.54. The lowest BCUT2D eigenvalue weighted by Crippen LogP contribution is -2.38. The van der Waals surface area contributed by atoms with E-state index < -0.39 is 0 Å². The third kappa shape index (κ3) is 3.25. The molecule has 0 aliphatic carbocycles. The van der Waals surface area contributed by atoms with E-state index in [2.05, 4.69) is 31.9 Å². The second kappa shape index (κ2) is 6.50. The highest BCUT2D eigenvalue weighted by atomic mass is 16.5. The summed E-state index contributed by atoms with van der Waals surface area (Å²) in [6.07, 6.45) is 3.70. The van der Waals surface area contributed by atoms with Gasteiger partial charge in [0.15, 0.2) is 5.65 Å². The summed E-state index contributed by atoms with van der Waals surface area (Å²) in [4.78, 5) is 15.7. The minimum absolute atomic E-state index is 0.0197. The summed E-state index contributed by atoms with van der Waals surface area (Å²) in [6.45, 7) is 9.18. The van der Waals surface area contributed by atoms with Crippen molar-refractivity contribution < 1.29 is 4.74 Å². The van der Waals surface area contributed by atoms with Crippen molar-refractivity contribution >= 4 is 5.65 Å². The van der Waals surface area contributed by atoms with Gasteiger partial charge in [0.1, 0.15) is 11.9 Å². The van der Waals surface area contributed by atoms with Crippen LogP contribution in [0.3, 0.4) is 0 Å². The van der Waals surface area contributed by atoms with Crippen LogP contribution in [0.25, 0.3) is 5.65 Å². The van der Waals surface area contributed by atoms with Gasteiger partial charge in [-0.1, -0.05) is 0 Å². The molecule has 1 saturated heterocycles. The SMILES string of the molecule is Cc1cc(C)n2ncc(CN3CCO[C@H](c4ccnc(C)n4)C3)c2n1. The molecule has 4 rings (SSSR count). The van der Waals surface area contributed by atoms with Crippen LogP contribution in [-0.4, -0.2) is 49.2 Å². The van der Waals surface area contributed by atoms with Gasteiger partial charge in [-0.2, -0.15) is 5.10 Å². The van der Waals surface area contributed by atoms with Crippen molar-refractivity contribution in [2.45, 2.75) is 33.4 Å². The van der Waals surface area contributed by atoms with E-state index in [1.807, 2.05) is 36.7 Å². The van der Waals surface area contributed by atoms with Crippen LogP contribution in [0, 0.1) is 20.8 Å². The second-order valence-electron chi connectivity index (χ2n) is 6.57. The fourth-order valence-corrected chi connectivity index (χ4v) is 3.35. The Bertz CT molecular complexity index is 906. The summed E-state index contributed by atoms with van der Waals surface area (Å²) in [7, 11) is 0. The maximum absolute atomic E-state index is 5.93. The van der Waals surface area contributed by atoms with Crippen molar-refractivity contribution in [1.29, 1.82) is 0 Å². The highest BCUT2D eigenvalue weighted by Gasteiger charge is 2.24. The van der Waals surface area contributed by atoms with E-state index in [1.54, 1.807) is 6.20 Å². The summed E-state index contributed by atoms with van der Waals surface area (Å²) in [6, 6.07) is 3.98. The number of morpholine rings is 1. The smallest absolute Gasteiger partial charge is 0.159 e. The minimum Gasteiger partial charge on any atom is -0.369 e. The van der Waals surface area contributed by atoms with Gasteiger partial charge in [-0.05, 0) is 32.9 Å². The Labute approximate surface area is 146 Å². The van der Waals surface area contributed by atoms with E-state index in [1.165, 1.54) is 0 Å². The fourth-order valence-electron chi connectivity index (χ4n) is 3.35. The van der Waals surface area contributed by atoms with Crippen LogP contribution in [0.15, 0.2) is 24.5 Å². The molecule has 1 aliphatic rings. The van der Waals surface area contributed by atoms with Gasteiger partial charge in [0, 0.05) is 42.8 Å². The Morgan fingerprint density at radius 1 is 1.24 bits per heavy atom. The highest BCUT2D eigenvalue weighted by molar-refractivity contribution is 5.47. The van der Waals surface area contributed by atoms with Crippen molar-refractivity contribution in [3.05, 3.63) is 53.0 Å². The predicted octanol–water partition coefficient (Wildman–Crippen LogP) is 2.02. The summed E-state index contributed by atoms with van der Waals surface area (Å²) in [5.74, 6) is 0.774. The molecule has 25 heavy (non-hydrogen) atoms. The zero-order valence-electron chi connectivity index (χ0n) is 14.8. The Morgan fingerprint density at radius 3 is 2.96 bits per heavy atom. The molecule has 3 aromatic heterocycles. The molecule has 130 valence electrons. The Balaban J connectivity index is 1.55. The average molecular weight is 338 g/mol. The first-order chi connectivity index (χ1) is 12.1. The normalized spacial score (nSPS) is 18.8. The maximum atomic E-state index is 5.93. The number of hydrogen-bond donors (Lipinski definition) is 0. The van der Waals surface area contributed by atoms with Crippen molar-refractivity contribution in [2.75, 3.05) is 19.7 Å². The van der Waals surface area contributed by atoms with Gasteiger partial charge in [-0.25, -0.2) is 19.5 Å². The molecule has 0 spiro atoms. The molecule has 0 saturated carbocycles. The third-order valence-corrected chi connectivity index (χ3v) is 4.52. The van der Waals surface area contributed by atoms with Crippen molar-refractivity contribution in [2.24, 2.45) is 0 Å². The molecule has 1 aliphatic heterocycles. The number of aryl methyl sites for hydroxylation is 3. The molecule has 0 amide bonds. The summed E-state index contributed by atoms with van der Waals surface area (Å²) < 4.78 is 7.84. The Hall–Kier alpha value is -2.38. The van der Waals surface area contributed by atoms with Crippen molar-refractivity contribution in [3.63, 3.8) is 0 Å². The molecule has 7 heteroatoms. The van der Waals surface area contributed by atoms with E-state index in [0.717, 1.165) is 53.8 Å². The molecule has 1 atom stereocenters. The number of hydrogen-bond acceptors (Lipinski definition) is 6. The van der Waals surface area contributed by atoms with E-state index >= 15 is 0 Å². The van der Waals surface area contributed by atoms with Gasteiger partial charge in [0.25, 0.3) is 0 Å². The van der Waals surface area contributed by atoms with Gasteiger partial charge < -0.3 is 4.74 Å². The van der Waals surface area contributed by atoms with Crippen LogP contribution in [-0.2, 0) is 11.3 Å². The number of aromatic nitrogens is 5. The maximum Gasteiger partial charge on any atom is 0.159 e. The third-order valence-electron chi connectivity index (χ3n) is 4.52. The van der Waals surface area contributed by atoms with Gasteiger partial charge in [0.2, 0.25) is 0 Å². The average Bonchev–Trinajstić information content (AvgIpc) is 2.98. The van der Waals surface area contributed by atoms with Crippen LogP contribution in [0.4, 0.5) is 0 Å². The number of ether oxygens (including phenoxy) is 1. The number of fused-ring (bicyclic) bond motifs is 1. The van der Waals surface area contributed by atoms with E-state index in [0.29, 0.717) is 6.61 Å². The molecular weight excluding hydrogens is 316 g/mol. The van der Waals surface area contributed by atoms with Gasteiger partial charge in [-0.3, -0.25) is 4.90 Å². The minimum atomic E-state index is -0.0197. The van der Waals surface area contributed by atoms with Crippen molar-refractivity contribution in [3.8, 4) is 0 Å². The van der Waals surface area contributed by atoms with Gasteiger partial charge in [-0.15, -0.1) is 0 Å². The van der Waals surface area contributed by atoms with Crippen molar-refractivity contribution in [1.82, 2.24) is 29.5 Å². The van der Waals surface area contributed by atoms with Gasteiger partial charge >= 0.3 is 0 Å². The highest BCUT2D eigenvalue weighted by Crippen LogP contribution is 2.22. The molecule has 0 N–H and O–H groups in total. The molecule has 1 fully saturated rings. The molecule has 7 nitrogen and oxygen atoms in total. The largest absolute Gasteiger partial charge is 0.369 e. The number of rotatable bonds is 3. The van der Waals surface area contributed by atoms with E-state index in [4.69, 9.17) is 4.74 Å². The predicted molar refractivity (Wildman–Crippen MR) is 93.2 cm³/mol. The standard InChI is InChI=1S/C18H22N6O/c1-12-8-13(2)24-18(21-12)15(9-20-24)10-23-6-7-25-17(11-23)16-4-5-19-14(3)22-16/h4-5,8-9,17H,6-7,10-11H2,1-3H3/t17-/m0/s1. The lowest BCUT2D eigenvalue weighted by molar-refractivity contribution is -0.0350. The van der Waals surface area contributed by atoms with Crippen LogP contribution in [0.5, 0.6) is 0 Å². The summed E-state index contributed by atoms with van der Waals surface area (Å²) >= 11 is 0. The number of nitrogens with zero attached hydrogens (tertiary/aromatic N) is 6. The van der Waals surface area contributed by atoms with Crippen LogP contribution in [0.2, 0.25) is 0 Å². The van der Waals surface area contributed by atoms with E-state index in [-0.39, 0.29) is 6.10 Å². The first-order valence-electron chi connectivity index (χ1n) is 8.54. The molecule has 0 aromatic carbocycles. The Morgan fingerprint density at radius 2 is 2.12 bits per heavy atom. The summed E-state index contributed by atoms with van der Waals surface area (Å²) in [5, 5.41) is 4.49. The molecule has 3 aromatic rings. The topological polar surface area (TPSA) is 68.4 Å². The molecule has 4 heterocycles. The zero-order chi connectivity index (χ0) is 17.4. The van der Waals surface area contributed by atoms with Crippen LogP contribution in [0.1, 0.15) is 34.6 Å². The van der Waals surface area contributed by atoms with E-state index in [9.17, 15) is 0 Å².